The SMILES string of the molecule is Cc1ccccc1OC(C)(O)F. The fourth-order valence-corrected chi connectivity index (χ4v) is 0.872. The molecular weight excluding hydrogens is 159 g/mol. The van der Waals surface area contributed by atoms with Gasteiger partial charge < -0.3 is 9.84 Å². The molecule has 1 unspecified atom stereocenters. The van der Waals surface area contributed by atoms with Crippen molar-refractivity contribution in [2.45, 2.75) is 19.9 Å². The summed E-state index contributed by atoms with van der Waals surface area (Å²) in [5, 5.41) is 8.71. The van der Waals surface area contributed by atoms with Gasteiger partial charge in [-0.2, -0.15) is 4.39 Å². The maximum atomic E-state index is 12.6. The zero-order chi connectivity index (χ0) is 9.19. The highest BCUT2D eigenvalue weighted by Gasteiger charge is 2.20. The van der Waals surface area contributed by atoms with Gasteiger partial charge in [0.2, 0.25) is 0 Å². The lowest BCUT2D eigenvalue weighted by Gasteiger charge is -2.16. The molecule has 0 bridgehead atoms. The first-order valence-electron chi connectivity index (χ1n) is 3.65. The lowest BCUT2D eigenvalue weighted by molar-refractivity contribution is -0.222. The predicted molar refractivity (Wildman–Crippen MR) is 43.5 cm³/mol. The third-order valence-electron chi connectivity index (χ3n) is 1.39. The fourth-order valence-electron chi connectivity index (χ4n) is 0.872. The molecule has 1 atom stereocenters. The smallest absolute Gasteiger partial charge is 0.357 e. The van der Waals surface area contributed by atoms with Crippen molar-refractivity contribution in [2.24, 2.45) is 0 Å². The molecule has 1 N–H and O–H groups in total. The Bertz CT molecular complexity index is 265. The van der Waals surface area contributed by atoms with Crippen molar-refractivity contribution in [3.8, 4) is 5.75 Å². The molecule has 0 aliphatic rings. The quantitative estimate of drug-likeness (QED) is 0.688. The van der Waals surface area contributed by atoms with Crippen molar-refractivity contribution in [1.29, 1.82) is 0 Å². The van der Waals surface area contributed by atoms with E-state index in [2.05, 4.69) is 4.74 Å². The Kier molecular flexibility index (Phi) is 2.33. The molecule has 12 heavy (non-hydrogen) atoms. The first-order chi connectivity index (χ1) is 5.49. The molecule has 0 heterocycles. The summed E-state index contributed by atoms with van der Waals surface area (Å²) in [4.78, 5) is 0. The van der Waals surface area contributed by atoms with Crippen LogP contribution in [0, 0.1) is 6.92 Å². The van der Waals surface area contributed by atoms with Crippen LogP contribution in [0.1, 0.15) is 12.5 Å². The number of hydrogen-bond acceptors (Lipinski definition) is 2. The average molecular weight is 170 g/mol. The Labute approximate surface area is 70.6 Å². The van der Waals surface area contributed by atoms with Crippen molar-refractivity contribution in [2.75, 3.05) is 0 Å². The van der Waals surface area contributed by atoms with E-state index in [9.17, 15) is 4.39 Å². The van der Waals surface area contributed by atoms with Crippen molar-refractivity contribution >= 4 is 0 Å². The van der Waals surface area contributed by atoms with Crippen LogP contribution in [-0.4, -0.2) is 11.1 Å². The Morgan fingerprint density at radius 3 is 2.50 bits per heavy atom. The average Bonchev–Trinajstić information content (AvgIpc) is 1.91. The molecule has 3 heteroatoms. The molecule has 0 amide bonds. The van der Waals surface area contributed by atoms with Crippen molar-refractivity contribution in [3.63, 3.8) is 0 Å². The molecule has 0 spiro atoms. The molecule has 0 radical (unpaired) electrons. The Balaban J connectivity index is 2.83. The molecule has 0 saturated carbocycles. The number of alkyl halides is 1. The maximum Gasteiger partial charge on any atom is 0.357 e. The molecule has 0 aliphatic heterocycles. The topological polar surface area (TPSA) is 29.5 Å². The summed E-state index contributed by atoms with van der Waals surface area (Å²) >= 11 is 0. The molecule has 2 nitrogen and oxygen atoms in total. The first kappa shape index (κ1) is 9.00. The normalized spacial score (nSPS) is 15.3. The minimum absolute atomic E-state index is 0.352. The second-order valence-corrected chi connectivity index (χ2v) is 2.74. The zero-order valence-electron chi connectivity index (χ0n) is 7.04. The van der Waals surface area contributed by atoms with Gasteiger partial charge >= 0.3 is 6.04 Å². The van der Waals surface area contributed by atoms with Crippen LogP contribution in [0.3, 0.4) is 0 Å². The van der Waals surface area contributed by atoms with E-state index >= 15 is 0 Å². The Morgan fingerprint density at radius 1 is 1.42 bits per heavy atom. The third kappa shape index (κ3) is 2.51. The molecule has 0 aliphatic carbocycles. The van der Waals surface area contributed by atoms with E-state index < -0.39 is 6.04 Å². The molecule has 1 aromatic carbocycles. The highest BCUT2D eigenvalue weighted by Crippen LogP contribution is 2.21. The molecule has 1 aromatic rings. The summed E-state index contributed by atoms with van der Waals surface area (Å²) in [6.45, 7) is 2.72. The summed E-state index contributed by atoms with van der Waals surface area (Å²) in [6, 6.07) is 4.31. The van der Waals surface area contributed by atoms with Gasteiger partial charge in [0.25, 0.3) is 0 Å². The van der Waals surface area contributed by atoms with Crippen LogP contribution in [0.2, 0.25) is 0 Å². The summed E-state index contributed by atoms with van der Waals surface area (Å²) in [5.41, 5.74) is 0.787. The molecule has 66 valence electrons. The lowest BCUT2D eigenvalue weighted by atomic mass is 10.2. The van der Waals surface area contributed by atoms with E-state index in [-0.39, 0.29) is 0 Å². The van der Waals surface area contributed by atoms with Crippen LogP contribution in [0.25, 0.3) is 0 Å². The van der Waals surface area contributed by atoms with Gasteiger partial charge in [-0.05, 0) is 18.6 Å². The van der Waals surface area contributed by atoms with Crippen LogP contribution in [0.4, 0.5) is 4.39 Å². The zero-order valence-corrected chi connectivity index (χ0v) is 7.04. The van der Waals surface area contributed by atoms with Gasteiger partial charge in [0.1, 0.15) is 5.75 Å². The van der Waals surface area contributed by atoms with Gasteiger partial charge in [-0.15, -0.1) is 0 Å². The first-order valence-corrected chi connectivity index (χ1v) is 3.65. The van der Waals surface area contributed by atoms with E-state index in [1.54, 1.807) is 25.1 Å². The summed E-state index contributed by atoms with van der Waals surface area (Å²) in [7, 11) is 0. The maximum absolute atomic E-state index is 12.6. The van der Waals surface area contributed by atoms with Gasteiger partial charge in [0.15, 0.2) is 0 Å². The summed E-state index contributed by atoms with van der Waals surface area (Å²) in [6.07, 6.45) is 0. The van der Waals surface area contributed by atoms with E-state index in [0.29, 0.717) is 5.75 Å². The van der Waals surface area contributed by atoms with Crippen LogP contribution < -0.4 is 4.74 Å². The third-order valence-corrected chi connectivity index (χ3v) is 1.39. The standard InChI is InChI=1S/C9H11FO2/c1-7-5-3-4-6-8(7)12-9(2,10)11/h3-6,11H,1-2H3. The highest BCUT2D eigenvalue weighted by molar-refractivity contribution is 5.31. The van der Waals surface area contributed by atoms with E-state index in [1.807, 2.05) is 6.07 Å². The number of ether oxygens (including phenoxy) is 1. The van der Waals surface area contributed by atoms with E-state index in [4.69, 9.17) is 5.11 Å². The number of halogens is 1. The van der Waals surface area contributed by atoms with Gasteiger partial charge in [-0.25, -0.2) is 0 Å². The lowest BCUT2D eigenvalue weighted by Crippen LogP contribution is -2.25. The summed E-state index contributed by atoms with van der Waals surface area (Å²) < 4.78 is 17.2. The Hall–Kier alpha value is -1.09. The molecule has 0 saturated heterocycles. The summed E-state index contributed by atoms with van der Waals surface area (Å²) in [5.74, 6) is 0.352. The molecule has 1 rings (SSSR count). The largest absolute Gasteiger partial charge is 0.436 e. The van der Waals surface area contributed by atoms with E-state index in [1.165, 1.54) is 0 Å². The van der Waals surface area contributed by atoms with Gasteiger partial charge in [-0.3, -0.25) is 0 Å². The van der Waals surface area contributed by atoms with Crippen LogP contribution >= 0.6 is 0 Å². The molecular formula is C9H11FO2. The number of aryl methyl sites for hydroxylation is 1. The number of aliphatic hydroxyl groups is 1. The van der Waals surface area contributed by atoms with Gasteiger partial charge in [0.05, 0.1) is 0 Å². The minimum Gasteiger partial charge on any atom is -0.436 e. The van der Waals surface area contributed by atoms with Crippen molar-refractivity contribution in [3.05, 3.63) is 29.8 Å². The highest BCUT2D eigenvalue weighted by atomic mass is 19.2. The number of para-hydroxylation sites is 1. The van der Waals surface area contributed by atoms with Gasteiger partial charge in [-0.1, -0.05) is 18.2 Å². The van der Waals surface area contributed by atoms with Crippen LogP contribution in [0.15, 0.2) is 24.3 Å². The number of hydrogen-bond donors (Lipinski definition) is 1. The monoisotopic (exact) mass is 170 g/mol. The van der Waals surface area contributed by atoms with Crippen LogP contribution in [-0.2, 0) is 0 Å². The van der Waals surface area contributed by atoms with Crippen molar-refractivity contribution < 1.29 is 14.2 Å². The number of rotatable bonds is 2. The second kappa shape index (κ2) is 3.11. The fraction of sp³-hybridized carbons (Fsp3) is 0.333. The van der Waals surface area contributed by atoms with Crippen molar-refractivity contribution in [1.82, 2.24) is 0 Å². The van der Waals surface area contributed by atoms with E-state index in [0.717, 1.165) is 12.5 Å². The minimum atomic E-state index is -2.61. The van der Waals surface area contributed by atoms with Gasteiger partial charge in [0, 0.05) is 6.92 Å². The second-order valence-electron chi connectivity index (χ2n) is 2.74. The molecule has 0 aromatic heterocycles. The Morgan fingerprint density at radius 2 is 2.00 bits per heavy atom. The predicted octanol–water partition coefficient (Wildman–Crippen LogP) is 2.01. The number of benzene rings is 1. The van der Waals surface area contributed by atoms with Crippen LogP contribution in [0.5, 0.6) is 5.75 Å². The molecule has 0 fully saturated rings.